The Labute approximate surface area is 91.0 Å². The van der Waals surface area contributed by atoms with Gasteiger partial charge in [-0.05, 0) is 22.0 Å². The third kappa shape index (κ3) is 1.34. The number of fused-ring (bicyclic) bond motifs is 1. The van der Waals surface area contributed by atoms with Gasteiger partial charge in [0.1, 0.15) is 7.05 Å². The Morgan fingerprint density at radius 1 is 1.46 bits per heavy atom. The molecule has 0 radical (unpaired) electrons. The maximum absolute atomic E-state index is 11.2. The van der Waals surface area contributed by atoms with Crippen LogP contribution in [0.1, 0.15) is 0 Å². The molecule has 0 spiro atoms. The van der Waals surface area contributed by atoms with Crippen LogP contribution in [-0.2, 0) is 7.05 Å². The van der Waals surface area contributed by atoms with E-state index in [4.69, 9.17) is 0 Å². The van der Waals surface area contributed by atoms with E-state index in [-0.39, 0.29) is 0 Å². The SMILES string of the molecule is Cn1n[n+]([O-])c2cc(Br)cc(Br)c21. The van der Waals surface area contributed by atoms with Crippen LogP contribution in [0.25, 0.3) is 11.0 Å². The summed E-state index contributed by atoms with van der Waals surface area (Å²) in [6.07, 6.45) is 0. The van der Waals surface area contributed by atoms with Crippen LogP contribution in [0.4, 0.5) is 0 Å². The summed E-state index contributed by atoms with van der Waals surface area (Å²) in [5, 5.41) is 15.0. The summed E-state index contributed by atoms with van der Waals surface area (Å²) in [4.78, 5) is 0.602. The van der Waals surface area contributed by atoms with E-state index in [2.05, 4.69) is 37.1 Å². The predicted octanol–water partition coefficient (Wildman–Crippen LogP) is 1.73. The van der Waals surface area contributed by atoms with Gasteiger partial charge in [-0.2, -0.15) is 0 Å². The van der Waals surface area contributed by atoms with Crippen molar-refractivity contribution in [3.63, 3.8) is 0 Å². The van der Waals surface area contributed by atoms with E-state index in [9.17, 15) is 5.21 Å². The molecule has 2 aromatic rings. The second-order valence-electron chi connectivity index (χ2n) is 2.64. The Bertz CT molecular complexity index is 480. The van der Waals surface area contributed by atoms with Crippen LogP contribution in [0.15, 0.2) is 21.1 Å². The first-order valence-corrected chi connectivity index (χ1v) is 5.10. The molecule has 68 valence electrons. The Morgan fingerprint density at radius 2 is 2.15 bits per heavy atom. The molecule has 0 bridgehead atoms. The fourth-order valence-corrected chi connectivity index (χ4v) is 2.69. The van der Waals surface area contributed by atoms with Crippen molar-refractivity contribution < 1.29 is 4.85 Å². The summed E-state index contributed by atoms with van der Waals surface area (Å²) in [5.74, 6) is 0. The summed E-state index contributed by atoms with van der Waals surface area (Å²) in [5.41, 5.74) is 1.34. The third-order valence-electron chi connectivity index (χ3n) is 1.75. The molecule has 1 aromatic carbocycles. The van der Waals surface area contributed by atoms with Crippen molar-refractivity contribution in [2.75, 3.05) is 0 Å². The zero-order chi connectivity index (χ0) is 9.59. The number of halogens is 2. The van der Waals surface area contributed by atoms with Gasteiger partial charge in [0.15, 0.2) is 0 Å². The number of nitrogens with zero attached hydrogens (tertiary/aromatic N) is 3. The van der Waals surface area contributed by atoms with E-state index < -0.39 is 0 Å². The van der Waals surface area contributed by atoms with Gasteiger partial charge >= 0.3 is 0 Å². The smallest absolute Gasteiger partial charge is 0.212 e. The molecule has 1 heterocycles. The lowest BCUT2D eigenvalue weighted by atomic mass is 10.3. The summed E-state index contributed by atoms with van der Waals surface area (Å²) in [7, 11) is 1.73. The number of benzene rings is 1. The van der Waals surface area contributed by atoms with Gasteiger partial charge in [-0.3, -0.25) is 0 Å². The lowest BCUT2D eigenvalue weighted by Crippen LogP contribution is -2.29. The molecule has 0 fully saturated rings. The molecular formula is C7H5Br2N3O. The second-order valence-corrected chi connectivity index (χ2v) is 4.41. The highest BCUT2D eigenvalue weighted by molar-refractivity contribution is 9.11. The van der Waals surface area contributed by atoms with Crippen molar-refractivity contribution in [2.24, 2.45) is 7.05 Å². The van der Waals surface area contributed by atoms with Gasteiger partial charge in [-0.1, -0.05) is 15.9 Å². The molecule has 0 saturated carbocycles. The molecule has 1 aromatic heterocycles. The van der Waals surface area contributed by atoms with Crippen LogP contribution in [0.3, 0.4) is 0 Å². The van der Waals surface area contributed by atoms with Gasteiger partial charge in [0.2, 0.25) is 11.0 Å². The van der Waals surface area contributed by atoms with Gasteiger partial charge < -0.3 is 5.21 Å². The number of rotatable bonds is 0. The zero-order valence-electron chi connectivity index (χ0n) is 6.66. The fourth-order valence-electron chi connectivity index (χ4n) is 1.23. The number of hydrogen-bond acceptors (Lipinski definition) is 2. The molecule has 13 heavy (non-hydrogen) atoms. The van der Waals surface area contributed by atoms with Crippen LogP contribution >= 0.6 is 31.9 Å². The third-order valence-corrected chi connectivity index (χ3v) is 2.82. The van der Waals surface area contributed by atoms with Gasteiger partial charge in [-0.25, -0.2) is 0 Å². The van der Waals surface area contributed by atoms with Gasteiger partial charge in [0.25, 0.3) is 0 Å². The summed E-state index contributed by atoms with van der Waals surface area (Å²) >= 11 is 6.68. The summed E-state index contributed by atoms with van der Waals surface area (Å²) < 4.78 is 3.24. The molecule has 2 rings (SSSR count). The van der Waals surface area contributed by atoms with E-state index >= 15 is 0 Å². The average molecular weight is 307 g/mol. The van der Waals surface area contributed by atoms with Crippen LogP contribution < -0.4 is 4.85 Å². The molecule has 4 nitrogen and oxygen atoms in total. The molecule has 0 aliphatic carbocycles. The van der Waals surface area contributed by atoms with Crippen molar-refractivity contribution in [3.8, 4) is 0 Å². The molecule has 0 amide bonds. The highest BCUT2D eigenvalue weighted by Crippen LogP contribution is 2.25. The second kappa shape index (κ2) is 2.95. The Balaban J connectivity index is 2.97. The molecule has 0 unspecified atom stereocenters. The highest BCUT2D eigenvalue weighted by atomic mass is 79.9. The van der Waals surface area contributed by atoms with Gasteiger partial charge in [0, 0.05) is 10.5 Å². The minimum absolute atomic E-state index is 0.545. The van der Waals surface area contributed by atoms with E-state index in [1.807, 2.05) is 6.07 Å². The molecule has 0 aliphatic heterocycles. The van der Waals surface area contributed by atoms with Crippen LogP contribution in [0, 0.1) is 5.21 Å². The molecule has 6 heteroatoms. The number of aryl methyl sites for hydroxylation is 1. The molecule has 0 N–H and O–H groups in total. The van der Waals surface area contributed by atoms with Crippen molar-refractivity contribution >= 4 is 42.9 Å². The largest absolute Gasteiger partial charge is 0.691 e. The summed E-state index contributed by atoms with van der Waals surface area (Å²) in [6.45, 7) is 0. The van der Waals surface area contributed by atoms with Crippen molar-refractivity contribution in [1.82, 2.24) is 9.90 Å². The fraction of sp³-hybridized carbons (Fsp3) is 0.143. The standard InChI is InChI=1S/C7H5Br2N3O/c1-11-7-5(9)2-4(8)3-6(7)12(13)10-11/h2-3H,1H3. The molecule has 0 atom stereocenters. The van der Waals surface area contributed by atoms with E-state index in [1.54, 1.807) is 17.8 Å². The van der Waals surface area contributed by atoms with Crippen molar-refractivity contribution in [2.45, 2.75) is 0 Å². The first-order chi connectivity index (χ1) is 6.09. The Morgan fingerprint density at radius 3 is 2.85 bits per heavy atom. The van der Waals surface area contributed by atoms with E-state index in [0.29, 0.717) is 10.4 Å². The quantitative estimate of drug-likeness (QED) is 0.550. The van der Waals surface area contributed by atoms with Crippen LogP contribution in [0.5, 0.6) is 0 Å². The number of hydrogen-bond donors (Lipinski definition) is 0. The number of aromatic nitrogens is 3. The first kappa shape index (κ1) is 8.96. The molecule has 0 saturated heterocycles. The molecular weight excluding hydrogens is 302 g/mol. The summed E-state index contributed by atoms with van der Waals surface area (Å²) in [6, 6.07) is 3.62. The van der Waals surface area contributed by atoms with Gasteiger partial charge in [-0.15, -0.1) is 9.53 Å². The average Bonchev–Trinajstić information content (AvgIpc) is 2.27. The van der Waals surface area contributed by atoms with E-state index in [0.717, 1.165) is 14.5 Å². The zero-order valence-corrected chi connectivity index (χ0v) is 9.83. The topological polar surface area (TPSA) is 44.8 Å². The Kier molecular flexibility index (Phi) is 2.03. The minimum atomic E-state index is 0.545. The Hall–Kier alpha value is -0.620. The van der Waals surface area contributed by atoms with Crippen molar-refractivity contribution in [3.05, 3.63) is 26.3 Å². The highest BCUT2D eigenvalue weighted by Gasteiger charge is 2.14. The normalized spacial score (nSPS) is 11.0. The lowest BCUT2D eigenvalue weighted by molar-refractivity contribution is -0.646. The van der Waals surface area contributed by atoms with Crippen LogP contribution in [0.2, 0.25) is 0 Å². The van der Waals surface area contributed by atoms with Gasteiger partial charge in [0.05, 0.1) is 9.69 Å². The monoisotopic (exact) mass is 305 g/mol. The minimum Gasteiger partial charge on any atom is -0.691 e. The maximum atomic E-state index is 11.2. The van der Waals surface area contributed by atoms with E-state index in [1.165, 1.54) is 0 Å². The first-order valence-electron chi connectivity index (χ1n) is 3.51. The maximum Gasteiger partial charge on any atom is 0.212 e. The molecule has 0 aliphatic rings. The lowest BCUT2D eigenvalue weighted by Gasteiger charge is -1.94. The van der Waals surface area contributed by atoms with Crippen molar-refractivity contribution in [1.29, 1.82) is 0 Å². The van der Waals surface area contributed by atoms with Crippen LogP contribution in [-0.4, -0.2) is 9.90 Å². The predicted molar refractivity (Wildman–Crippen MR) is 55.1 cm³/mol.